The van der Waals surface area contributed by atoms with Crippen molar-refractivity contribution >= 4 is 15.9 Å². The molecule has 7 heteroatoms. The number of carbonyl (C=O) groups is 1. The lowest BCUT2D eigenvalue weighted by Gasteiger charge is -2.35. The van der Waals surface area contributed by atoms with Gasteiger partial charge in [0.25, 0.3) is 0 Å². The summed E-state index contributed by atoms with van der Waals surface area (Å²) in [6.07, 6.45) is 1.16. The van der Waals surface area contributed by atoms with Gasteiger partial charge in [0, 0.05) is 25.0 Å². The normalized spacial score (nSPS) is 17.4. The Morgan fingerprint density at radius 2 is 1.96 bits per heavy atom. The quantitative estimate of drug-likeness (QED) is 0.785. The summed E-state index contributed by atoms with van der Waals surface area (Å²) in [6, 6.07) is 3.86. The Bertz CT molecular complexity index is 658. The molecule has 0 saturated carbocycles. The summed E-state index contributed by atoms with van der Waals surface area (Å²) in [5, 5.41) is 0. The topological polar surface area (TPSA) is 70.8 Å². The number of rotatable bonds is 6. The molecule has 1 aromatic heterocycles. The fourth-order valence-electron chi connectivity index (χ4n) is 3.05. The lowest BCUT2D eigenvalue weighted by molar-refractivity contribution is -0.139. The molecule has 0 radical (unpaired) electrons. The molecule has 1 amide bonds. The number of hydrogen-bond donors (Lipinski definition) is 0. The first-order chi connectivity index (χ1) is 11.2. The Labute approximate surface area is 144 Å². The van der Waals surface area contributed by atoms with Gasteiger partial charge in [-0.3, -0.25) is 4.79 Å². The molecule has 0 spiro atoms. The fraction of sp³-hybridized carbons (Fsp3) is 0.706. The van der Waals surface area contributed by atoms with Crippen molar-refractivity contribution in [2.45, 2.75) is 53.1 Å². The molecule has 2 heterocycles. The Morgan fingerprint density at radius 1 is 1.33 bits per heavy atom. The molecule has 0 aromatic carbocycles. The molecule has 24 heavy (non-hydrogen) atoms. The maximum Gasteiger partial charge on any atom is 0.226 e. The molecule has 1 aliphatic rings. The minimum absolute atomic E-state index is 0.0697. The second kappa shape index (κ2) is 7.70. The summed E-state index contributed by atoms with van der Waals surface area (Å²) >= 11 is 0. The molecule has 1 fully saturated rings. The third kappa shape index (κ3) is 4.39. The van der Waals surface area contributed by atoms with Crippen LogP contribution in [0.1, 0.15) is 45.1 Å². The van der Waals surface area contributed by atoms with E-state index in [1.165, 1.54) is 4.31 Å². The van der Waals surface area contributed by atoms with E-state index in [1.54, 1.807) is 6.92 Å². The highest BCUT2D eigenvalue weighted by atomic mass is 32.2. The number of carbonyl (C=O) groups excluding carboxylic acids is 1. The van der Waals surface area contributed by atoms with Gasteiger partial charge in [-0.1, -0.05) is 0 Å². The maximum absolute atomic E-state index is 12.9. The molecular weight excluding hydrogens is 328 g/mol. The Balaban J connectivity index is 2.01. The molecule has 1 aliphatic heterocycles. The summed E-state index contributed by atoms with van der Waals surface area (Å²) in [4.78, 5) is 14.7. The third-order valence-electron chi connectivity index (χ3n) is 4.59. The van der Waals surface area contributed by atoms with Crippen molar-refractivity contribution in [1.82, 2.24) is 9.21 Å². The third-order valence-corrected chi connectivity index (χ3v) is 6.47. The summed E-state index contributed by atoms with van der Waals surface area (Å²) in [5.74, 6) is 1.70. The largest absolute Gasteiger partial charge is 0.464 e. The van der Waals surface area contributed by atoms with Gasteiger partial charge in [0.1, 0.15) is 11.5 Å². The molecule has 136 valence electrons. The van der Waals surface area contributed by atoms with Gasteiger partial charge < -0.3 is 9.32 Å². The minimum atomic E-state index is -3.16. The van der Waals surface area contributed by atoms with Gasteiger partial charge in [-0.2, -0.15) is 0 Å². The van der Waals surface area contributed by atoms with Gasteiger partial charge in [0.2, 0.25) is 15.9 Å². The zero-order valence-corrected chi connectivity index (χ0v) is 15.8. The SMILES string of the molecule is CCS(=O)(=O)N1CCC(C(=O)N(Cc2ccc(C)o2)C(C)C)CC1. The van der Waals surface area contributed by atoms with Crippen molar-refractivity contribution in [3.05, 3.63) is 23.7 Å². The van der Waals surface area contributed by atoms with Crippen LogP contribution in [0.4, 0.5) is 0 Å². The second-order valence-corrected chi connectivity index (χ2v) is 8.90. The van der Waals surface area contributed by atoms with Crippen LogP contribution < -0.4 is 0 Å². The monoisotopic (exact) mass is 356 g/mol. The van der Waals surface area contributed by atoms with E-state index in [0.29, 0.717) is 32.5 Å². The number of furan rings is 1. The van der Waals surface area contributed by atoms with Crippen LogP contribution in [0.15, 0.2) is 16.5 Å². The van der Waals surface area contributed by atoms with E-state index in [4.69, 9.17) is 4.42 Å². The van der Waals surface area contributed by atoms with E-state index < -0.39 is 10.0 Å². The lowest BCUT2D eigenvalue weighted by atomic mass is 9.96. The fourth-order valence-corrected chi connectivity index (χ4v) is 4.18. The molecule has 1 saturated heterocycles. The van der Waals surface area contributed by atoms with Gasteiger partial charge >= 0.3 is 0 Å². The molecule has 0 bridgehead atoms. The van der Waals surface area contributed by atoms with Gasteiger partial charge in [-0.15, -0.1) is 0 Å². The maximum atomic E-state index is 12.9. The van der Waals surface area contributed by atoms with E-state index in [9.17, 15) is 13.2 Å². The molecule has 0 aliphatic carbocycles. The van der Waals surface area contributed by atoms with Crippen LogP contribution in [0.2, 0.25) is 0 Å². The summed E-state index contributed by atoms with van der Waals surface area (Å²) < 4.78 is 31.0. The van der Waals surface area contributed by atoms with E-state index in [2.05, 4.69) is 0 Å². The van der Waals surface area contributed by atoms with Crippen molar-refractivity contribution in [2.24, 2.45) is 5.92 Å². The van der Waals surface area contributed by atoms with Crippen LogP contribution in [0, 0.1) is 12.8 Å². The molecule has 0 unspecified atom stereocenters. The first-order valence-electron chi connectivity index (χ1n) is 8.58. The van der Waals surface area contributed by atoms with Crippen LogP contribution >= 0.6 is 0 Å². The predicted molar refractivity (Wildman–Crippen MR) is 92.9 cm³/mol. The first-order valence-corrected chi connectivity index (χ1v) is 10.2. The van der Waals surface area contributed by atoms with Crippen LogP contribution in [-0.4, -0.2) is 48.4 Å². The van der Waals surface area contributed by atoms with E-state index >= 15 is 0 Å². The van der Waals surface area contributed by atoms with E-state index in [0.717, 1.165) is 11.5 Å². The highest BCUT2D eigenvalue weighted by molar-refractivity contribution is 7.89. The standard InChI is InChI=1S/C17H28N2O4S/c1-5-24(21,22)18-10-8-15(9-11-18)17(20)19(13(2)3)12-16-7-6-14(4)23-16/h6-7,13,15H,5,8-12H2,1-4H3. The first kappa shape index (κ1) is 19.0. The molecule has 0 atom stereocenters. The van der Waals surface area contributed by atoms with Crippen LogP contribution in [0.3, 0.4) is 0 Å². The molecular formula is C17H28N2O4S. The molecule has 1 aromatic rings. The van der Waals surface area contributed by atoms with Crippen molar-refractivity contribution in [2.75, 3.05) is 18.8 Å². The van der Waals surface area contributed by atoms with Crippen molar-refractivity contribution in [3.63, 3.8) is 0 Å². The molecule has 6 nitrogen and oxygen atoms in total. The molecule has 0 N–H and O–H groups in total. The average Bonchev–Trinajstić information content (AvgIpc) is 2.97. The number of aryl methyl sites for hydroxylation is 1. The Morgan fingerprint density at radius 3 is 2.42 bits per heavy atom. The van der Waals surface area contributed by atoms with Crippen molar-refractivity contribution < 1.29 is 17.6 Å². The summed E-state index contributed by atoms with van der Waals surface area (Å²) in [7, 11) is -3.16. The summed E-state index contributed by atoms with van der Waals surface area (Å²) in [5.41, 5.74) is 0. The zero-order chi connectivity index (χ0) is 17.9. The highest BCUT2D eigenvalue weighted by Gasteiger charge is 2.33. The number of amides is 1. The lowest BCUT2D eigenvalue weighted by Crippen LogP contribution is -2.46. The van der Waals surface area contributed by atoms with Crippen LogP contribution in [-0.2, 0) is 21.4 Å². The Kier molecular flexibility index (Phi) is 6.09. The van der Waals surface area contributed by atoms with Gasteiger partial charge in [0.15, 0.2) is 0 Å². The van der Waals surface area contributed by atoms with E-state index in [-0.39, 0.29) is 23.6 Å². The highest BCUT2D eigenvalue weighted by Crippen LogP contribution is 2.24. The smallest absolute Gasteiger partial charge is 0.226 e. The molecule has 2 rings (SSSR count). The van der Waals surface area contributed by atoms with Crippen LogP contribution in [0.25, 0.3) is 0 Å². The Hall–Kier alpha value is -1.34. The average molecular weight is 356 g/mol. The summed E-state index contributed by atoms with van der Waals surface area (Å²) in [6.45, 7) is 8.83. The van der Waals surface area contributed by atoms with Crippen LogP contribution in [0.5, 0.6) is 0 Å². The van der Waals surface area contributed by atoms with Crippen molar-refractivity contribution in [1.29, 1.82) is 0 Å². The number of sulfonamides is 1. The van der Waals surface area contributed by atoms with Gasteiger partial charge in [-0.05, 0) is 52.7 Å². The van der Waals surface area contributed by atoms with Gasteiger partial charge in [0.05, 0.1) is 12.3 Å². The number of hydrogen-bond acceptors (Lipinski definition) is 4. The predicted octanol–water partition coefficient (Wildman–Crippen LogP) is 2.39. The minimum Gasteiger partial charge on any atom is -0.464 e. The van der Waals surface area contributed by atoms with E-state index in [1.807, 2.05) is 37.8 Å². The van der Waals surface area contributed by atoms with Gasteiger partial charge in [-0.25, -0.2) is 12.7 Å². The van der Waals surface area contributed by atoms with Crippen molar-refractivity contribution in [3.8, 4) is 0 Å². The second-order valence-electron chi connectivity index (χ2n) is 6.65. The number of nitrogens with zero attached hydrogens (tertiary/aromatic N) is 2. The zero-order valence-electron chi connectivity index (χ0n) is 15.0. The number of piperidine rings is 1.